The molecule has 0 saturated carbocycles. The lowest BCUT2D eigenvalue weighted by Crippen LogP contribution is -2.57. The van der Waals surface area contributed by atoms with E-state index in [0.717, 1.165) is 17.3 Å². The van der Waals surface area contributed by atoms with Gasteiger partial charge in [-0.2, -0.15) is 0 Å². The van der Waals surface area contributed by atoms with E-state index in [1.54, 1.807) is 0 Å². The first kappa shape index (κ1) is 14.0. The number of piperidine rings is 3. The number of halogens is 1. The quantitative estimate of drug-likeness (QED) is 0.922. The normalized spacial score (nSPS) is 27.0. The van der Waals surface area contributed by atoms with Gasteiger partial charge in [0, 0.05) is 28.6 Å². The second-order valence-electron chi connectivity index (χ2n) is 6.39. The summed E-state index contributed by atoms with van der Waals surface area (Å²) in [5.41, 5.74) is 0.692. The van der Waals surface area contributed by atoms with Crippen LogP contribution in [0.4, 0.5) is 0 Å². The summed E-state index contributed by atoms with van der Waals surface area (Å²) in [4.78, 5) is 15.0. The summed E-state index contributed by atoms with van der Waals surface area (Å²) in [6, 6.07) is 11.8. The van der Waals surface area contributed by atoms with Crippen LogP contribution in [-0.4, -0.2) is 36.5 Å². The summed E-state index contributed by atoms with van der Waals surface area (Å²) in [6.07, 6.45) is 2.41. The topological polar surface area (TPSA) is 32.3 Å². The van der Waals surface area contributed by atoms with E-state index >= 15 is 0 Å². The molecule has 1 N–H and O–H groups in total. The summed E-state index contributed by atoms with van der Waals surface area (Å²) in [5.74, 6) is 0.651. The standard InChI is InChI=1S/C18H19ClN2O/c19-16-3-1-2-12-4-5-14(10-15(12)16)18(22)20-17-11-21-8-6-13(17)7-9-21/h1-5,10,13,17H,6-9,11H2,(H,20,22). The number of nitrogens with one attached hydrogen (secondary N) is 1. The molecule has 2 aromatic carbocycles. The number of rotatable bonds is 2. The van der Waals surface area contributed by atoms with Gasteiger partial charge in [-0.25, -0.2) is 0 Å². The molecule has 22 heavy (non-hydrogen) atoms. The Bertz CT molecular complexity index is 722. The molecule has 0 radical (unpaired) electrons. The van der Waals surface area contributed by atoms with Crippen LogP contribution in [0.3, 0.4) is 0 Å². The van der Waals surface area contributed by atoms with E-state index in [9.17, 15) is 4.79 Å². The average molecular weight is 315 g/mol. The van der Waals surface area contributed by atoms with Crippen molar-refractivity contribution in [3.05, 3.63) is 47.0 Å². The number of nitrogens with zero attached hydrogens (tertiary/aromatic N) is 1. The van der Waals surface area contributed by atoms with Crippen molar-refractivity contribution in [2.24, 2.45) is 5.92 Å². The molecule has 2 bridgehead atoms. The average Bonchev–Trinajstić information content (AvgIpc) is 2.56. The SMILES string of the molecule is O=C(NC1CN2CCC1CC2)c1ccc2cccc(Cl)c2c1. The maximum absolute atomic E-state index is 12.6. The van der Waals surface area contributed by atoms with Gasteiger partial charge in [0.1, 0.15) is 0 Å². The second-order valence-corrected chi connectivity index (χ2v) is 6.80. The molecular formula is C18H19ClN2O. The molecule has 0 spiro atoms. The minimum absolute atomic E-state index is 0.0144. The molecule has 5 rings (SSSR count). The fraction of sp³-hybridized carbons (Fsp3) is 0.389. The molecule has 1 atom stereocenters. The van der Waals surface area contributed by atoms with Gasteiger partial charge >= 0.3 is 0 Å². The van der Waals surface area contributed by atoms with Gasteiger partial charge in [0.15, 0.2) is 0 Å². The van der Waals surface area contributed by atoms with Gasteiger partial charge in [-0.05, 0) is 55.4 Å². The number of hydrogen-bond acceptors (Lipinski definition) is 2. The maximum atomic E-state index is 12.6. The zero-order valence-corrected chi connectivity index (χ0v) is 13.1. The van der Waals surface area contributed by atoms with Crippen LogP contribution in [0.1, 0.15) is 23.2 Å². The Morgan fingerprint density at radius 2 is 2.00 bits per heavy atom. The molecule has 3 nitrogen and oxygen atoms in total. The number of carbonyl (C=O) groups excluding carboxylic acids is 1. The number of amides is 1. The lowest BCUT2D eigenvalue weighted by Gasteiger charge is -2.44. The molecule has 3 heterocycles. The highest BCUT2D eigenvalue weighted by atomic mass is 35.5. The van der Waals surface area contributed by atoms with Crippen molar-refractivity contribution < 1.29 is 4.79 Å². The van der Waals surface area contributed by atoms with Crippen molar-refractivity contribution in [2.45, 2.75) is 18.9 Å². The van der Waals surface area contributed by atoms with E-state index in [4.69, 9.17) is 11.6 Å². The van der Waals surface area contributed by atoms with E-state index in [0.29, 0.717) is 16.5 Å². The largest absolute Gasteiger partial charge is 0.348 e. The summed E-state index contributed by atoms with van der Waals surface area (Å²) in [5, 5.41) is 5.91. The lowest BCUT2D eigenvalue weighted by molar-refractivity contribution is 0.0620. The predicted molar refractivity (Wildman–Crippen MR) is 89.4 cm³/mol. The van der Waals surface area contributed by atoms with Crippen LogP contribution in [0.25, 0.3) is 10.8 Å². The minimum Gasteiger partial charge on any atom is -0.348 e. The molecule has 1 unspecified atom stereocenters. The van der Waals surface area contributed by atoms with Crippen LogP contribution in [0, 0.1) is 5.92 Å². The van der Waals surface area contributed by atoms with Crippen molar-refractivity contribution in [3.8, 4) is 0 Å². The van der Waals surface area contributed by atoms with Gasteiger partial charge in [-0.15, -0.1) is 0 Å². The first-order valence-corrected chi connectivity index (χ1v) is 8.30. The van der Waals surface area contributed by atoms with E-state index in [1.165, 1.54) is 25.9 Å². The zero-order chi connectivity index (χ0) is 15.1. The third-order valence-electron chi connectivity index (χ3n) is 5.06. The maximum Gasteiger partial charge on any atom is 0.251 e. The van der Waals surface area contributed by atoms with E-state index in [2.05, 4.69) is 10.2 Å². The molecule has 4 heteroatoms. The highest BCUT2D eigenvalue weighted by molar-refractivity contribution is 6.35. The third-order valence-corrected chi connectivity index (χ3v) is 5.39. The van der Waals surface area contributed by atoms with Crippen LogP contribution in [-0.2, 0) is 0 Å². The Morgan fingerprint density at radius 3 is 2.73 bits per heavy atom. The highest BCUT2D eigenvalue weighted by Crippen LogP contribution is 2.28. The van der Waals surface area contributed by atoms with Gasteiger partial charge in [-0.3, -0.25) is 4.79 Å². The van der Waals surface area contributed by atoms with Crippen LogP contribution in [0.15, 0.2) is 36.4 Å². The van der Waals surface area contributed by atoms with Crippen molar-refractivity contribution in [2.75, 3.05) is 19.6 Å². The summed E-state index contributed by atoms with van der Waals surface area (Å²) >= 11 is 6.24. The van der Waals surface area contributed by atoms with E-state index < -0.39 is 0 Å². The summed E-state index contributed by atoms with van der Waals surface area (Å²) in [7, 11) is 0. The molecule has 3 saturated heterocycles. The van der Waals surface area contributed by atoms with Crippen LogP contribution in [0.2, 0.25) is 5.02 Å². The number of hydrogen-bond donors (Lipinski definition) is 1. The Morgan fingerprint density at radius 1 is 1.18 bits per heavy atom. The molecule has 0 aromatic heterocycles. The Kier molecular flexibility index (Phi) is 3.55. The van der Waals surface area contributed by atoms with E-state index in [-0.39, 0.29) is 11.9 Å². The van der Waals surface area contributed by atoms with Gasteiger partial charge in [0.05, 0.1) is 0 Å². The minimum atomic E-state index is 0.0144. The zero-order valence-electron chi connectivity index (χ0n) is 12.4. The van der Waals surface area contributed by atoms with Gasteiger partial charge < -0.3 is 10.2 Å². The number of fused-ring (bicyclic) bond motifs is 4. The van der Waals surface area contributed by atoms with Crippen LogP contribution in [0.5, 0.6) is 0 Å². The first-order valence-electron chi connectivity index (χ1n) is 7.92. The highest BCUT2D eigenvalue weighted by Gasteiger charge is 2.34. The molecule has 0 aliphatic carbocycles. The van der Waals surface area contributed by atoms with Gasteiger partial charge in [-0.1, -0.05) is 29.8 Å². The second kappa shape index (κ2) is 5.56. The first-order chi connectivity index (χ1) is 10.7. The number of benzene rings is 2. The van der Waals surface area contributed by atoms with Crippen LogP contribution < -0.4 is 5.32 Å². The lowest BCUT2D eigenvalue weighted by atomic mass is 9.84. The molecule has 114 valence electrons. The van der Waals surface area contributed by atoms with Gasteiger partial charge in [0.25, 0.3) is 5.91 Å². The van der Waals surface area contributed by atoms with Crippen molar-refractivity contribution in [1.82, 2.24) is 10.2 Å². The summed E-state index contributed by atoms with van der Waals surface area (Å²) < 4.78 is 0. The molecule has 1 amide bonds. The number of carbonyl (C=O) groups is 1. The van der Waals surface area contributed by atoms with Crippen LogP contribution >= 0.6 is 11.6 Å². The summed E-state index contributed by atoms with van der Waals surface area (Å²) in [6.45, 7) is 3.36. The molecule has 3 fully saturated rings. The van der Waals surface area contributed by atoms with Crippen molar-refractivity contribution in [3.63, 3.8) is 0 Å². The monoisotopic (exact) mass is 314 g/mol. The fourth-order valence-corrected chi connectivity index (χ4v) is 3.99. The van der Waals surface area contributed by atoms with Crippen molar-refractivity contribution >= 4 is 28.3 Å². The Hall–Kier alpha value is -1.58. The molecule has 3 aliphatic rings. The van der Waals surface area contributed by atoms with Crippen molar-refractivity contribution in [1.29, 1.82) is 0 Å². The molecule has 2 aromatic rings. The smallest absolute Gasteiger partial charge is 0.251 e. The van der Waals surface area contributed by atoms with Gasteiger partial charge in [0.2, 0.25) is 0 Å². The fourth-order valence-electron chi connectivity index (χ4n) is 3.76. The Labute approximate surface area is 135 Å². The molecular weight excluding hydrogens is 296 g/mol. The van der Waals surface area contributed by atoms with E-state index in [1.807, 2.05) is 36.4 Å². The third kappa shape index (κ3) is 2.49. The predicted octanol–water partition coefficient (Wildman–Crippen LogP) is 3.32. The molecule has 3 aliphatic heterocycles. The Balaban J connectivity index is 1.56.